The maximum Gasteiger partial charge on any atom is 0.254 e. The number of aromatic nitrogens is 4. The first-order chi connectivity index (χ1) is 12.7. The molecule has 3 aromatic rings. The van der Waals surface area contributed by atoms with Gasteiger partial charge in [0.15, 0.2) is 0 Å². The number of methoxy groups -OCH3 is 1. The van der Waals surface area contributed by atoms with Crippen molar-refractivity contribution in [1.82, 2.24) is 19.6 Å². The molecule has 6 nitrogen and oxygen atoms in total. The molecule has 26 heavy (non-hydrogen) atoms. The van der Waals surface area contributed by atoms with Crippen LogP contribution in [0.1, 0.15) is 43.0 Å². The summed E-state index contributed by atoms with van der Waals surface area (Å²) in [7, 11) is 1.66. The summed E-state index contributed by atoms with van der Waals surface area (Å²) in [5.41, 5.74) is 2.07. The lowest BCUT2D eigenvalue weighted by atomic mass is 9.91. The summed E-state index contributed by atoms with van der Waals surface area (Å²) in [6.45, 7) is 0.438. The monoisotopic (exact) mass is 371 g/mol. The molecule has 1 saturated carbocycles. The normalized spacial score (nSPS) is 16.2. The standard InChI is InChI=1S/C19H22ClN5O/c1-26-11-16-10-17(25-19(23-16)21-12-22-25)24-18(13-4-2-3-5-13)14-6-8-15(20)9-7-14/h6-10,12-13,18,24H,2-5,11H2,1H3. The van der Waals surface area contributed by atoms with Crippen molar-refractivity contribution in [2.75, 3.05) is 12.4 Å². The summed E-state index contributed by atoms with van der Waals surface area (Å²) in [6.07, 6.45) is 6.52. The van der Waals surface area contributed by atoms with Crippen molar-refractivity contribution in [2.45, 2.75) is 38.3 Å². The van der Waals surface area contributed by atoms with Gasteiger partial charge in [-0.2, -0.15) is 14.6 Å². The molecular formula is C19H22ClN5O. The number of nitrogens with zero attached hydrogens (tertiary/aromatic N) is 4. The van der Waals surface area contributed by atoms with Gasteiger partial charge in [-0.3, -0.25) is 0 Å². The van der Waals surface area contributed by atoms with Crippen molar-refractivity contribution in [3.63, 3.8) is 0 Å². The highest BCUT2D eigenvalue weighted by molar-refractivity contribution is 6.30. The lowest BCUT2D eigenvalue weighted by Crippen LogP contribution is -2.21. The minimum atomic E-state index is 0.194. The summed E-state index contributed by atoms with van der Waals surface area (Å²) in [5.74, 6) is 2.03. The van der Waals surface area contributed by atoms with Crippen LogP contribution < -0.4 is 5.32 Å². The van der Waals surface area contributed by atoms with Gasteiger partial charge >= 0.3 is 0 Å². The van der Waals surface area contributed by atoms with E-state index in [0.717, 1.165) is 16.5 Å². The molecule has 1 unspecified atom stereocenters. The van der Waals surface area contributed by atoms with E-state index in [2.05, 4.69) is 32.5 Å². The highest BCUT2D eigenvalue weighted by Gasteiger charge is 2.27. The van der Waals surface area contributed by atoms with Gasteiger partial charge in [-0.25, -0.2) is 4.98 Å². The summed E-state index contributed by atoms with van der Waals surface area (Å²) < 4.78 is 7.00. The third-order valence-corrected chi connectivity index (χ3v) is 5.25. The fourth-order valence-corrected chi connectivity index (χ4v) is 3.91. The van der Waals surface area contributed by atoms with Crippen molar-refractivity contribution in [1.29, 1.82) is 0 Å². The molecule has 2 heterocycles. The smallest absolute Gasteiger partial charge is 0.254 e. The Kier molecular flexibility index (Phi) is 5.04. The molecule has 1 aliphatic rings. The maximum absolute atomic E-state index is 6.09. The molecule has 4 rings (SSSR count). The van der Waals surface area contributed by atoms with Crippen LogP contribution in [0.2, 0.25) is 5.02 Å². The third-order valence-electron chi connectivity index (χ3n) is 5.00. The summed E-state index contributed by atoms with van der Waals surface area (Å²) in [4.78, 5) is 8.72. The van der Waals surface area contributed by atoms with Crippen LogP contribution in [-0.2, 0) is 11.3 Å². The lowest BCUT2D eigenvalue weighted by molar-refractivity contribution is 0.181. The molecule has 1 fully saturated rings. The van der Waals surface area contributed by atoms with E-state index in [1.165, 1.54) is 37.6 Å². The lowest BCUT2D eigenvalue weighted by Gasteiger charge is -2.26. The number of rotatable bonds is 6. The molecule has 0 spiro atoms. The zero-order valence-corrected chi connectivity index (χ0v) is 15.5. The first-order valence-corrected chi connectivity index (χ1v) is 9.33. The SMILES string of the molecule is COCc1cc(NC(c2ccc(Cl)cc2)C2CCCC2)n2ncnc2n1. The molecule has 0 radical (unpaired) electrons. The number of fused-ring (bicyclic) bond motifs is 1. The molecule has 0 amide bonds. The second-order valence-corrected chi connectivity index (χ2v) is 7.19. The van der Waals surface area contributed by atoms with Crippen LogP contribution in [-0.4, -0.2) is 26.7 Å². The van der Waals surface area contributed by atoms with Crippen molar-refractivity contribution >= 4 is 23.2 Å². The molecular weight excluding hydrogens is 350 g/mol. The highest BCUT2D eigenvalue weighted by Crippen LogP contribution is 2.38. The topological polar surface area (TPSA) is 64.3 Å². The quantitative estimate of drug-likeness (QED) is 0.701. The van der Waals surface area contributed by atoms with E-state index in [0.29, 0.717) is 18.3 Å². The van der Waals surface area contributed by atoms with Gasteiger partial charge in [0.1, 0.15) is 12.1 Å². The Balaban J connectivity index is 1.72. The van der Waals surface area contributed by atoms with Gasteiger partial charge in [-0.15, -0.1) is 0 Å². The van der Waals surface area contributed by atoms with Crippen LogP contribution in [0.15, 0.2) is 36.7 Å². The molecule has 1 N–H and O–H groups in total. The van der Waals surface area contributed by atoms with Gasteiger partial charge in [0.2, 0.25) is 0 Å². The Hall–Kier alpha value is -2.18. The molecule has 0 bridgehead atoms. The minimum Gasteiger partial charge on any atom is -0.378 e. The molecule has 0 saturated heterocycles. The maximum atomic E-state index is 6.09. The van der Waals surface area contributed by atoms with Gasteiger partial charge in [0.25, 0.3) is 5.78 Å². The Morgan fingerprint density at radius 3 is 2.77 bits per heavy atom. The van der Waals surface area contributed by atoms with Crippen molar-refractivity contribution < 1.29 is 4.74 Å². The van der Waals surface area contributed by atoms with Crippen LogP contribution in [0, 0.1) is 5.92 Å². The second-order valence-electron chi connectivity index (χ2n) is 6.76. The molecule has 136 valence electrons. The molecule has 1 atom stereocenters. The second kappa shape index (κ2) is 7.60. The molecule has 7 heteroatoms. The zero-order valence-electron chi connectivity index (χ0n) is 14.7. The van der Waals surface area contributed by atoms with Gasteiger partial charge in [0, 0.05) is 18.2 Å². The van der Waals surface area contributed by atoms with Crippen molar-refractivity contribution in [3.8, 4) is 0 Å². The summed E-state index contributed by atoms with van der Waals surface area (Å²) in [5, 5.41) is 8.79. The molecule has 1 aromatic carbocycles. The van der Waals surface area contributed by atoms with E-state index in [1.54, 1.807) is 11.6 Å². The predicted octanol–water partition coefficient (Wildman–Crippen LogP) is 4.27. The fraction of sp³-hybridized carbons (Fsp3) is 0.421. The predicted molar refractivity (Wildman–Crippen MR) is 101 cm³/mol. The number of benzene rings is 1. The molecule has 2 aromatic heterocycles. The number of hydrogen-bond donors (Lipinski definition) is 1. The fourth-order valence-electron chi connectivity index (χ4n) is 3.78. The van der Waals surface area contributed by atoms with E-state index >= 15 is 0 Å². The van der Waals surface area contributed by atoms with E-state index in [-0.39, 0.29) is 6.04 Å². The number of anilines is 1. The van der Waals surface area contributed by atoms with Gasteiger partial charge < -0.3 is 10.1 Å². The van der Waals surface area contributed by atoms with Crippen LogP contribution in [0.25, 0.3) is 5.78 Å². The highest BCUT2D eigenvalue weighted by atomic mass is 35.5. The Morgan fingerprint density at radius 1 is 1.27 bits per heavy atom. The zero-order chi connectivity index (χ0) is 17.9. The van der Waals surface area contributed by atoms with E-state index in [1.807, 2.05) is 18.2 Å². The largest absolute Gasteiger partial charge is 0.378 e. The first-order valence-electron chi connectivity index (χ1n) is 8.95. The van der Waals surface area contributed by atoms with Gasteiger partial charge in [0.05, 0.1) is 18.3 Å². The number of ether oxygens (including phenoxy) is 1. The van der Waals surface area contributed by atoms with Crippen LogP contribution in [0.5, 0.6) is 0 Å². The van der Waals surface area contributed by atoms with Crippen LogP contribution >= 0.6 is 11.6 Å². The van der Waals surface area contributed by atoms with Crippen molar-refractivity contribution in [3.05, 3.63) is 52.9 Å². The Labute approximate surface area is 157 Å². The number of nitrogens with one attached hydrogen (secondary N) is 1. The van der Waals surface area contributed by atoms with Gasteiger partial charge in [-0.05, 0) is 36.5 Å². The summed E-state index contributed by atoms with van der Waals surface area (Å²) >= 11 is 6.09. The van der Waals surface area contributed by atoms with Gasteiger partial charge in [-0.1, -0.05) is 36.6 Å². The average molecular weight is 372 g/mol. The van der Waals surface area contributed by atoms with Crippen LogP contribution in [0.3, 0.4) is 0 Å². The Bertz CT molecular complexity index is 873. The molecule has 0 aliphatic heterocycles. The third kappa shape index (κ3) is 3.52. The number of halogens is 1. The van der Waals surface area contributed by atoms with Crippen molar-refractivity contribution in [2.24, 2.45) is 5.92 Å². The average Bonchev–Trinajstić information content (AvgIpc) is 3.32. The summed E-state index contributed by atoms with van der Waals surface area (Å²) in [6, 6.07) is 10.3. The van der Waals surface area contributed by atoms with Crippen LogP contribution in [0.4, 0.5) is 5.82 Å². The Morgan fingerprint density at radius 2 is 2.04 bits per heavy atom. The van der Waals surface area contributed by atoms with E-state index < -0.39 is 0 Å². The first kappa shape index (κ1) is 17.2. The van der Waals surface area contributed by atoms with E-state index in [9.17, 15) is 0 Å². The molecule has 1 aliphatic carbocycles. The minimum absolute atomic E-state index is 0.194. The number of hydrogen-bond acceptors (Lipinski definition) is 5. The van der Waals surface area contributed by atoms with E-state index in [4.69, 9.17) is 16.3 Å².